The largest absolute Gasteiger partial charge is 0.482 e. The monoisotopic (exact) mass is 569 g/mol. The van der Waals surface area contributed by atoms with Gasteiger partial charge >= 0.3 is 5.97 Å². The summed E-state index contributed by atoms with van der Waals surface area (Å²) >= 11 is 1.96. The van der Waals surface area contributed by atoms with Gasteiger partial charge in [0.1, 0.15) is 17.1 Å². The number of nitrogens with zero attached hydrogens (tertiary/aromatic N) is 1. The molecule has 1 unspecified atom stereocenters. The first-order valence-corrected chi connectivity index (χ1v) is 17.5. The van der Waals surface area contributed by atoms with E-state index >= 15 is 0 Å². The zero-order valence-corrected chi connectivity index (χ0v) is 27.1. The van der Waals surface area contributed by atoms with E-state index in [9.17, 15) is 4.79 Å². The van der Waals surface area contributed by atoms with Gasteiger partial charge in [-0.15, -0.1) is 0 Å². The molecule has 1 saturated heterocycles. The maximum Gasteiger partial charge on any atom is 0.316 e. The molecule has 0 aromatic heterocycles. The Morgan fingerprint density at radius 2 is 1.82 bits per heavy atom. The Morgan fingerprint density at radius 1 is 1.07 bits per heavy atom. The molecule has 0 amide bonds. The zero-order chi connectivity index (χ0) is 28.8. The van der Waals surface area contributed by atoms with Crippen molar-refractivity contribution in [2.24, 2.45) is 11.3 Å². The number of hydrogen-bond donors (Lipinski definition) is 0. The summed E-state index contributed by atoms with van der Waals surface area (Å²) in [5.41, 5.74) is 4.25. The molecule has 3 aliphatic rings. The smallest absolute Gasteiger partial charge is 0.316 e. The Morgan fingerprint density at radius 3 is 2.52 bits per heavy atom. The van der Waals surface area contributed by atoms with Crippen molar-refractivity contribution in [2.75, 3.05) is 31.1 Å². The molecule has 5 heteroatoms. The molecule has 40 heavy (non-hydrogen) atoms. The van der Waals surface area contributed by atoms with Crippen LogP contribution in [0.4, 0.5) is 0 Å². The number of aryl methyl sites for hydroxylation is 1. The first-order valence-electron chi connectivity index (χ1n) is 16.3. The molecule has 3 heterocycles. The van der Waals surface area contributed by atoms with Gasteiger partial charge < -0.3 is 14.4 Å². The zero-order valence-electron chi connectivity index (χ0n) is 26.3. The minimum Gasteiger partial charge on any atom is -0.482 e. The molecule has 0 aliphatic carbocycles. The molecular weight excluding hydrogens is 514 g/mol. The van der Waals surface area contributed by atoms with Gasteiger partial charge in [0.05, 0.1) is 11.0 Å². The normalized spacial score (nSPS) is 19.6. The molecule has 224 valence electrons. The van der Waals surface area contributed by atoms with Crippen molar-refractivity contribution in [3.63, 3.8) is 0 Å². The molecule has 3 aliphatic heterocycles. The van der Waals surface area contributed by atoms with Gasteiger partial charge in [-0.25, -0.2) is 0 Å². The van der Waals surface area contributed by atoms with E-state index in [1.165, 1.54) is 61.7 Å². The minimum atomic E-state index is -0.540. The van der Waals surface area contributed by atoms with Crippen molar-refractivity contribution in [1.29, 1.82) is 0 Å². The molecule has 4 nitrogen and oxygen atoms in total. The van der Waals surface area contributed by atoms with E-state index in [2.05, 4.69) is 58.6 Å². The van der Waals surface area contributed by atoms with Gasteiger partial charge in [-0.05, 0) is 113 Å². The van der Waals surface area contributed by atoms with Crippen LogP contribution in [-0.4, -0.2) is 47.6 Å². The van der Waals surface area contributed by atoms with Crippen LogP contribution in [0, 0.1) is 11.3 Å². The summed E-state index contributed by atoms with van der Waals surface area (Å²) in [4.78, 5) is 16.3. The Balaban J connectivity index is 1.59. The van der Waals surface area contributed by atoms with Crippen molar-refractivity contribution in [1.82, 2.24) is 4.90 Å². The number of fused-ring (bicyclic) bond motifs is 2. The number of thioether (sulfide) groups is 1. The Hall–Kier alpha value is -1.46. The third-order valence-corrected chi connectivity index (χ3v) is 10.8. The molecule has 0 spiro atoms. The van der Waals surface area contributed by atoms with Gasteiger partial charge in [0.2, 0.25) is 0 Å². The van der Waals surface area contributed by atoms with Gasteiger partial charge in [-0.1, -0.05) is 59.8 Å². The van der Waals surface area contributed by atoms with Crippen LogP contribution >= 0.6 is 11.8 Å². The summed E-state index contributed by atoms with van der Waals surface area (Å²) in [7, 11) is 0. The quantitative estimate of drug-likeness (QED) is 0.127. The number of unbranched alkanes of at least 4 members (excludes halogenated alkanes) is 2. The highest BCUT2D eigenvalue weighted by atomic mass is 32.2. The molecular formula is C35H55NO3S. The maximum atomic E-state index is 13.7. The molecule has 0 radical (unpaired) electrons. The van der Waals surface area contributed by atoms with E-state index in [4.69, 9.17) is 9.47 Å². The standard InChI is InChI=1S/C35H55NO3S/c1-7-10-12-15-26(4)16-17-27-22-30(38-33(37)34(5,6)18-21-36-19-13-11-14-20-36)32-28-24-40-25-29(28)35(8-2,9-3)39-31(32)23-27/h22-23,26H,7-21,24-25H2,1-6H3. The van der Waals surface area contributed by atoms with Gasteiger partial charge in [0.25, 0.3) is 0 Å². The second kappa shape index (κ2) is 14.1. The molecule has 0 saturated carbocycles. The van der Waals surface area contributed by atoms with Crippen molar-refractivity contribution in [2.45, 2.75) is 124 Å². The lowest BCUT2D eigenvalue weighted by Gasteiger charge is -2.40. The number of benzene rings is 1. The lowest BCUT2D eigenvalue weighted by molar-refractivity contribution is -0.144. The lowest BCUT2D eigenvalue weighted by Crippen LogP contribution is -2.40. The average molecular weight is 570 g/mol. The summed E-state index contributed by atoms with van der Waals surface area (Å²) in [6.07, 6.45) is 13.9. The first kappa shape index (κ1) is 31.5. The highest BCUT2D eigenvalue weighted by Gasteiger charge is 2.44. The second-order valence-electron chi connectivity index (χ2n) is 13.3. The molecule has 1 aromatic rings. The Bertz CT molecular complexity index is 1040. The molecule has 0 bridgehead atoms. The van der Waals surface area contributed by atoms with Gasteiger partial charge in [-0.3, -0.25) is 4.79 Å². The molecule has 0 N–H and O–H groups in total. The van der Waals surface area contributed by atoms with Crippen LogP contribution in [0.3, 0.4) is 0 Å². The van der Waals surface area contributed by atoms with E-state index in [1.54, 1.807) is 0 Å². The fourth-order valence-electron chi connectivity index (χ4n) is 6.66. The van der Waals surface area contributed by atoms with Gasteiger partial charge in [-0.2, -0.15) is 11.8 Å². The number of likely N-dealkylation sites (tertiary alicyclic amines) is 1. The number of esters is 1. The first-order chi connectivity index (χ1) is 19.2. The molecule has 1 fully saturated rings. The van der Waals surface area contributed by atoms with E-state index in [0.29, 0.717) is 5.92 Å². The predicted octanol–water partition coefficient (Wildman–Crippen LogP) is 9.09. The highest BCUT2D eigenvalue weighted by Crippen LogP contribution is 2.53. The van der Waals surface area contributed by atoms with Crippen LogP contribution in [0.25, 0.3) is 5.57 Å². The van der Waals surface area contributed by atoms with Crippen molar-refractivity contribution in [3.05, 3.63) is 28.8 Å². The summed E-state index contributed by atoms with van der Waals surface area (Å²) in [5, 5.41) is 0. The molecule has 1 atom stereocenters. The lowest BCUT2D eigenvalue weighted by atomic mass is 9.81. The van der Waals surface area contributed by atoms with Crippen LogP contribution < -0.4 is 9.47 Å². The number of hydrogen-bond acceptors (Lipinski definition) is 5. The van der Waals surface area contributed by atoms with Crippen LogP contribution in [0.5, 0.6) is 11.5 Å². The topological polar surface area (TPSA) is 38.8 Å². The number of carbonyl (C=O) groups is 1. The summed E-state index contributed by atoms with van der Waals surface area (Å²) in [6.45, 7) is 16.5. The number of carbonyl (C=O) groups excluding carboxylic acids is 1. The average Bonchev–Trinajstić information content (AvgIpc) is 3.46. The molecule has 4 rings (SSSR count). The SMILES string of the molecule is CCCCCC(C)CCc1cc(OC(=O)C(C)(C)CCN2CCCCC2)c2c(c1)OC(CC)(CC)C1=C2CSC1. The number of rotatable bonds is 14. The minimum absolute atomic E-state index is 0.118. The fourth-order valence-corrected chi connectivity index (χ4v) is 7.93. The maximum absolute atomic E-state index is 13.7. The summed E-state index contributed by atoms with van der Waals surface area (Å²) < 4.78 is 13.3. The second-order valence-corrected chi connectivity index (χ2v) is 14.3. The van der Waals surface area contributed by atoms with E-state index in [0.717, 1.165) is 80.3 Å². The number of piperidine rings is 1. The van der Waals surface area contributed by atoms with Crippen molar-refractivity contribution in [3.8, 4) is 11.5 Å². The van der Waals surface area contributed by atoms with Gasteiger partial charge in [0.15, 0.2) is 0 Å². The molecule has 1 aromatic carbocycles. The van der Waals surface area contributed by atoms with E-state index < -0.39 is 5.41 Å². The Labute approximate surface area is 249 Å². The summed E-state index contributed by atoms with van der Waals surface area (Å²) in [5.74, 6) is 4.18. The van der Waals surface area contributed by atoms with Crippen LogP contribution in [-0.2, 0) is 11.2 Å². The van der Waals surface area contributed by atoms with E-state index in [1.807, 2.05) is 11.8 Å². The van der Waals surface area contributed by atoms with E-state index in [-0.39, 0.29) is 11.6 Å². The van der Waals surface area contributed by atoms with Crippen LogP contribution in [0.15, 0.2) is 17.7 Å². The third kappa shape index (κ3) is 7.30. The Kier molecular flexibility index (Phi) is 11.1. The van der Waals surface area contributed by atoms with Crippen molar-refractivity contribution >= 4 is 23.3 Å². The number of ether oxygens (including phenoxy) is 2. The van der Waals surface area contributed by atoms with Crippen LogP contribution in [0.1, 0.15) is 123 Å². The van der Waals surface area contributed by atoms with Crippen LogP contribution in [0.2, 0.25) is 0 Å². The fraction of sp³-hybridized carbons (Fsp3) is 0.743. The summed E-state index contributed by atoms with van der Waals surface area (Å²) in [6, 6.07) is 4.43. The third-order valence-electron chi connectivity index (χ3n) is 9.77. The highest BCUT2D eigenvalue weighted by molar-refractivity contribution is 8.00. The predicted molar refractivity (Wildman–Crippen MR) is 171 cm³/mol. The van der Waals surface area contributed by atoms with Gasteiger partial charge in [0, 0.05) is 11.5 Å². The van der Waals surface area contributed by atoms with Crippen molar-refractivity contribution < 1.29 is 14.3 Å².